The standard InChI is InChI=1S/C30H31N3O4/c1-4-35-24-13-7-21(8-14-24)31-27-19-29(33-23-11-17-26(18-12-23)37-6-3)30(34)20-28(27)32-22-9-15-25(16-10-22)36-5-2/h7-20,32-33H,4-6H2,1-3H3. The Morgan fingerprint density at radius 1 is 0.595 bits per heavy atom. The molecule has 2 N–H and O–H groups in total. The average Bonchev–Trinajstić information content (AvgIpc) is 2.90. The Kier molecular flexibility index (Phi) is 8.60. The lowest BCUT2D eigenvalue weighted by Crippen LogP contribution is -2.22. The van der Waals surface area contributed by atoms with Gasteiger partial charge in [0.2, 0.25) is 5.78 Å². The number of carbonyl (C=O) groups is 1. The largest absolute Gasteiger partial charge is 0.494 e. The van der Waals surface area contributed by atoms with E-state index in [1.807, 2.05) is 93.6 Å². The third kappa shape index (κ3) is 7.01. The Morgan fingerprint density at radius 3 is 1.49 bits per heavy atom. The molecule has 0 fully saturated rings. The smallest absolute Gasteiger partial charge is 0.204 e. The van der Waals surface area contributed by atoms with E-state index in [-0.39, 0.29) is 5.78 Å². The second kappa shape index (κ2) is 12.4. The highest BCUT2D eigenvalue weighted by Gasteiger charge is 2.20. The van der Waals surface area contributed by atoms with E-state index < -0.39 is 0 Å². The van der Waals surface area contributed by atoms with Crippen LogP contribution in [0.25, 0.3) is 0 Å². The molecule has 7 heteroatoms. The molecule has 0 bridgehead atoms. The van der Waals surface area contributed by atoms with Crippen LogP contribution in [0.4, 0.5) is 17.1 Å². The first-order valence-corrected chi connectivity index (χ1v) is 12.4. The van der Waals surface area contributed by atoms with Crippen molar-refractivity contribution in [2.24, 2.45) is 4.99 Å². The van der Waals surface area contributed by atoms with Crippen LogP contribution in [0.5, 0.6) is 17.2 Å². The second-order valence-electron chi connectivity index (χ2n) is 8.07. The zero-order valence-electron chi connectivity index (χ0n) is 21.3. The number of ketones is 1. The number of benzene rings is 3. The van der Waals surface area contributed by atoms with E-state index in [2.05, 4.69) is 10.6 Å². The summed E-state index contributed by atoms with van der Waals surface area (Å²) in [4.78, 5) is 17.9. The number of hydrogen-bond acceptors (Lipinski definition) is 7. The number of ether oxygens (including phenoxy) is 3. The monoisotopic (exact) mass is 497 g/mol. The first-order valence-electron chi connectivity index (χ1n) is 12.4. The lowest BCUT2D eigenvalue weighted by atomic mass is 10.0. The Balaban J connectivity index is 1.62. The zero-order valence-corrected chi connectivity index (χ0v) is 21.3. The van der Waals surface area contributed by atoms with Gasteiger partial charge in [-0.3, -0.25) is 4.79 Å². The molecular weight excluding hydrogens is 466 g/mol. The SMILES string of the molecule is CCOc1ccc(N=C2C=C(Nc3ccc(OCC)cc3)C(=O)C=C2Nc2ccc(OCC)cc2)cc1. The lowest BCUT2D eigenvalue weighted by Gasteiger charge is -2.19. The molecule has 0 spiro atoms. The molecule has 1 aliphatic carbocycles. The molecule has 0 saturated carbocycles. The van der Waals surface area contributed by atoms with Gasteiger partial charge in [-0.15, -0.1) is 0 Å². The van der Waals surface area contributed by atoms with Crippen molar-refractivity contribution >= 4 is 28.6 Å². The number of carbonyl (C=O) groups excluding carboxylic acids is 1. The maximum Gasteiger partial charge on any atom is 0.204 e. The van der Waals surface area contributed by atoms with Gasteiger partial charge in [0.25, 0.3) is 0 Å². The third-order valence-electron chi connectivity index (χ3n) is 5.38. The Labute approximate surface area is 217 Å². The molecule has 4 rings (SSSR count). The topological polar surface area (TPSA) is 81.2 Å². The molecular formula is C30H31N3O4. The number of rotatable bonds is 11. The molecule has 0 unspecified atom stereocenters. The highest BCUT2D eigenvalue weighted by molar-refractivity contribution is 6.24. The molecule has 0 heterocycles. The summed E-state index contributed by atoms with van der Waals surface area (Å²) in [6, 6.07) is 22.6. The van der Waals surface area contributed by atoms with Gasteiger partial charge >= 0.3 is 0 Å². The molecule has 3 aromatic carbocycles. The Bertz CT molecular complexity index is 1290. The van der Waals surface area contributed by atoms with E-state index >= 15 is 0 Å². The minimum atomic E-state index is -0.159. The van der Waals surface area contributed by atoms with Crippen LogP contribution in [0.2, 0.25) is 0 Å². The first-order chi connectivity index (χ1) is 18.1. The summed E-state index contributed by atoms with van der Waals surface area (Å²) >= 11 is 0. The normalized spacial score (nSPS) is 14.0. The van der Waals surface area contributed by atoms with Gasteiger partial charge in [0, 0.05) is 17.5 Å². The second-order valence-corrected chi connectivity index (χ2v) is 8.07. The summed E-state index contributed by atoms with van der Waals surface area (Å²) in [6.45, 7) is 7.61. The van der Waals surface area contributed by atoms with Gasteiger partial charge in [0.05, 0.1) is 42.6 Å². The summed E-state index contributed by atoms with van der Waals surface area (Å²) in [5.74, 6) is 2.18. The fourth-order valence-electron chi connectivity index (χ4n) is 3.69. The summed E-state index contributed by atoms with van der Waals surface area (Å²) in [7, 11) is 0. The third-order valence-corrected chi connectivity index (χ3v) is 5.38. The van der Waals surface area contributed by atoms with Crippen molar-refractivity contribution in [2.75, 3.05) is 30.5 Å². The lowest BCUT2D eigenvalue weighted by molar-refractivity contribution is -0.111. The fourth-order valence-corrected chi connectivity index (χ4v) is 3.69. The maximum absolute atomic E-state index is 13.1. The van der Waals surface area contributed by atoms with Crippen molar-refractivity contribution in [3.8, 4) is 17.2 Å². The molecule has 37 heavy (non-hydrogen) atoms. The van der Waals surface area contributed by atoms with E-state index in [1.165, 1.54) is 0 Å². The predicted octanol–water partition coefficient (Wildman–Crippen LogP) is 6.53. The van der Waals surface area contributed by atoms with Crippen LogP contribution in [0.15, 0.2) is 101 Å². The molecule has 0 amide bonds. The van der Waals surface area contributed by atoms with Crippen LogP contribution in [0, 0.1) is 0 Å². The number of nitrogens with one attached hydrogen (secondary N) is 2. The van der Waals surface area contributed by atoms with Gasteiger partial charge in [-0.05, 0) is 99.6 Å². The summed E-state index contributed by atoms with van der Waals surface area (Å²) in [5.41, 5.74) is 3.97. The van der Waals surface area contributed by atoms with Gasteiger partial charge in [-0.1, -0.05) is 0 Å². The van der Waals surface area contributed by atoms with Crippen molar-refractivity contribution < 1.29 is 19.0 Å². The van der Waals surface area contributed by atoms with Gasteiger partial charge in [-0.2, -0.15) is 0 Å². The van der Waals surface area contributed by atoms with Crippen LogP contribution < -0.4 is 24.8 Å². The quantitative estimate of drug-likeness (QED) is 0.293. The van der Waals surface area contributed by atoms with E-state index in [1.54, 1.807) is 12.2 Å². The fraction of sp³-hybridized carbons (Fsp3) is 0.200. The number of aliphatic imine (C=N–C) groups is 1. The van der Waals surface area contributed by atoms with Crippen LogP contribution in [-0.4, -0.2) is 31.3 Å². The molecule has 7 nitrogen and oxygen atoms in total. The Morgan fingerprint density at radius 2 is 1.03 bits per heavy atom. The highest BCUT2D eigenvalue weighted by Crippen LogP contribution is 2.25. The molecule has 3 aromatic rings. The maximum atomic E-state index is 13.1. The van der Waals surface area contributed by atoms with Crippen LogP contribution in [0.1, 0.15) is 20.8 Å². The number of hydrogen-bond donors (Lipinski definition) is 2. The molecule has 0 atom stereocenters. The number of allylic oxidation sites excluding steroid dienone is 2. The average molecular weight is 498 g/mol. The summed E-state index contributed by atoms with van der Waals surface area (Å²) in [6.07, 6.45) is 3.31. The summed E-state index contributed by atoms with van der Waals surface area (Å²) < 4.78 is 16.6. The molecule has 0 saturated heterocycles. The molecule has 1 aliphatic rings. The number of nitrogens with zero attached hydrogens (tertiary/aromatic N) is 1. The van der Waals surface area contributed by atoms with Crippen LogP contribution >= 0.6 is 0 Å². The molecule has 0 radical (unpaired) electrons. The first kappa shape index (κ1) is 25.6. The van der Waals surface area contributed by atoms with Crippen molar-refractivity contribution in [2.45, 2.75) is 20.8 Å². The van der Waals surface area contributed by atoms with Gasteiger partial charge < -0.3 is 24.8 Å². The van der Waals surface area contributed by atoms with Gasteiger partial charge in [0.1, 0.15) is 17.2 Å². The minimum absolute atomic E-state index is 0.159. The number of anilines is 2. The minimum Gasteiger partial charge on any atom is -0.494 e. The van der Waals surface area contributed by atoms with Gasteiger partial charge in [0.15, 0.2) is 0 Å². The molecule has 0 aromatic heterocycles. The molecule has 0 aliphatic heterocycles. The zero-order chi connectivity index (χ0) is 26.0. The van der Waals surface area contributed by atoms with Gasteiger partial charge in [-0.25, -0.2) is 4.99 Å². The van der Waals surface area contributed by atoms with E-state index in [4.69, 9.17) is 19.2 Å². The predicted molar refractivity (Wildman–Crippen MR) is 148 cm³/mol. The van der Waals surface area contributed by atoms with Crippen molar-refractivity contribution in [3.63, 3.8) is 0 Å². The molecule has 190 valence electrons. The van der Waals surface area contributed by atoms with Crippen LogP contribution in [-0.2, 0) is 4.79 Å². The van der Waals surface area contributed by atoms with Crippen molar-refractivity contribution in [1.29, 1.82) is 0 Å². The van der Waals surface area contributed by atoms with Crippen molar-refractivity contribution in [3.05, 3.63) is 96.3 Å². The van der Waals surface area contributed by atoms with E-state index in [0.29, 0.717) is 36.9 Å². The van der Waals surface area contributed by atoms with E-state index in [0.717, 1.165) is 34.3 Å². The van der Waals surface area contributed by atoms with Crippen molar-refractivity contribution in [1.82, 2.24) is 0 Å². The van der Waals surface area contributed by atoms with Crippen LogP contribution in [0.3, 0.4) is 0 Å². The highest BCUT2D eigenvalue weighted by atomic mass is 16.5. The Hall–Kier alpha value is -4.52. The van der Waals surface area contributed by atoms with E-state index in [9.17, 15) is 4.79 Å². The summed E-state index contributed by atoms with van der Waals surface area (Å²) in [5, 5.41) is 6.54.